The van der Waals surface area contributed by atoms with Gasteiger partial charge in [0.05, 0.1) is 6.10 Å². The van der Waals surface area contributed by atoms with Gasteiger partial charge in [-0.15, -0.1) is 11.3 Å². The molecule has 0 aromatic carbocycles. The fourth-order valence-electron chi connectivity index (χ4n) is 0.854. The summed E-state index contributed by atoms with van der Waals surface area (Å²) >= 11 is 1.47. The lowest BCUT2D eigenvalue weighted by atomic mass is 10.2. The summed E-state index contributed by atoms with van der Waals surface area (Å²) in [7, 11) is 0. The Labute approximate surface area is 69.5 Å². The zero-order valence-corrected chi connectivity index (χ0v) is 7.10. The lowest BCUT2D eigenvalue weighted by Crippen LogP contribution is -2.00. The summed E-state index contributed by atoms with van der Waals surface area (Å²) in [6, 6.07) is 3.70. The Kier molecular flexibility index (Phi) is 2.79. The van der Waals surface area contributed by atoms with Crippen LogP contribution >= 0.6 is 11.3 Å². The number of rotatable bonds is 3. The van der Waals surface area contributed by atoms with Crippen LogP contribution in [0.3, 0.4) is 0 Å². The van der Waals surface area contributed by atoms with Gasteiger partial charge in [-0.05, 0) is 18.4 Å². The zero-order valence-electron chi connectivity index (χ0n) is 6.28. The van der Waals surface area contributed by atoms with Gasteiger partial charge < -0.3 is 5.11 Å². The maximum Gasteiger partial charge on any atom is 0.132 e. The first kappa shape index (κ1) is 8.43. The molecule has 0 bridgehead atoms. The maximum atomic E-state index is 10.6. The van der Waals surface area contributed by atoms with E-state index in [4.69, 9.17) is 0 Å². The largest absolute Gasteiger partial charge is 0.387 e. The first-order valence-corrected chi connectivity index (χ1v) is 4.29. The van der Waals surface area contributed by atoms with Crippen LogP contribution in [0.1, 0.15) is 24.3 Å². The molecule has 0 aliphatic rings. The number of thiophene rings is 1. The van der Waals surface area contributed by atoms with Gasteiger partial charge in [-0.3, -0.25) is 4.79 Å². The second kappa shape index (κ2) is 3.64. The van der Waals surface area contributed by atoms with Gasteiger partial charge in [-0.2, -0.15) is 0 Å². The predicted molar refractivity (Wildman–Crippen MR) is 44.6 cm³/mol. The van der Waals surface area contributed by atoms with Gasteiger partial charge in [0.15, 0.2) is 0 Å². The lowest BCUT2D eigenvalue weighted by Gasteiger charge is -2.03. The number of hydrogen-bond acceptors (Lipinski definition) is 3. The number of carbonyl (C=O) groups is 1. The fraction of sp³-hybridized carbons (Fsp3) is 0.375. The molecule has 11 heavy (non-hydrogen) atoms. The summed E-state index contributed by atoms with van der Waals surface area (Å²) in [5.41, 5.74) is 0. The van der Waals surface area contributed by atoms with Crippen LogP contribution < -0.4 is 0 Å². The molecule has 1 atom stereocenters. The molecule has 1 N–H and O–H groups in total. The van der Waals surface area contributed by atoms with Crippen molar-refractivity contribution in [3.8, 4) is 0 Å². The fourth-order valence-corrected chi connectivity index (χ4v) is 1.57. The molecule has 0 amide bonds. The summed E-state index contributed by atoms with van der Waals surface area (Å²) in [5.74, 6) is 0.0194. The van der Waals surface area contributed by atoms with Crippen molar-refractivity contribution in [1.29, 1.82) is 0 Å². The molecule has 0 fully saturated rings. The van der Waals surface area contributed by atoms with Crippen molar-refractivity contribution in [3.63, 3.8) is 0 Å². The molecular formula is C8H10O2S. The maximum absolute atomic E-state index is 10.6. The van der Waals surface area contributed by atoms with Gasteiger partial charge in [0.2, 0.25) is 0 Å². The molecule has 1 rings (SSSR count). The normalized spacial score (nSPS) is 12.9. The molecule has 1 unspecified atom stereocenters. The number of aliphatic hydroxyl groups excluding tert-OH is 1. The van der Waals surface area contributed by atoms with E-state index in [9.17, 15) is 9.90 Å². The van der Waals surface area contributed by atoms with Crippen molar-refractivity contribution < 1.29 is 9.90 Å². The van der Waals surface area contributed by atoms with Crippen LogP contribution in [-0.2, 0) is 4.79 Å². The van der Waals surface area contributed by atoms with Gasteiger partial charge in [0, 0.05) is 11.3 Å². The second-order valence-corrected chi connectivity index (χ2v) is 3.42. The van der Waals surface area contributed by atoms with Crippen LogP contribution in [0.4, 0.5) is 0 Å². The lowest BCUT2D eigenvalue weighted by molar-refractivity contribution is -0.118. The Morgan fingerprint density at radius 1 is 1.82 bits per heavy atom. The van der Waals surface area contributed by atoms with Crippen LogP contribution in [0.2, 0.25) is 0 Å². The van der Waals surface area contributed by atoms with Crippen LogP contribution in [-0.4, -0.2) is 10.9 Å². The molecule has 0 saturated heterocycles. The average Bonchev–Trinajstić information content (AvgIpc) is 2.35. The standard InChI is InChI=1S/C8H10O2S/c1-6(9)5-7(10)8-3-2-4-11-8/h2-4,7,10H,5H2,1H3. The summed E-state index contributed by atoms with van der Waals surface area (Å²) in [4.78, 5) is 11.5. The number of aliphatic hydroxyl groups is 1. The molecule has 0 spiro atoms. The van der Waals surface area contributed by atoms with E-state index in [0.717, 1.165) is 4.88 Å². The quantitative estimate of drug-likeness (QED) is 0.750. The van der Waals surface area contributed by atoms with Gasteiger partial charge >= 0.3 is 0 Å². The van der Waals surface area contributed by atoms with Crippen molar-refractivity contribution in [2.24, 2.45) is 0 Å². The molecule has 0 aliphatic carbocycles. The molecule has 0 radical (unpaired) electrons. The summed E-state index contributed by atoms with van der Waals surface area (Å²) < 4.78 is 0. The highest BCUT2D eigenvalue weighted by Gasteiger charge is 2.09. The third-order valence-corrected chi connectivity index (χ3v) is 2.33. The number of carbonyl (C=O) groups excluding carboxylic acids is 1. The Morgan fingerprint density at radius 2 is 2.55 bits per heavy atom. The first-order chi connectivity index (χ1) is 5.20. The van der Waals surface area contributed by atoms with E-state index in [1.807, 2.05) is 17.5 Å². The topological polar surface area (TPSA) is 37.3 Å². The summed E-state index contributed by atoms with van der Waals surface area (Å²) in [6.45, 7) is 1.48. The molecular weight excluding hydrogens is 160 g/mol. The Bertz CT molecular complexity index is 228. The third kappa shape index (κ3) is 2.44. The van der Waals surface area contributed by atoms with Crippen LogP contribution in [0, 0.1) is 0 Å². The van der Waals surface area contributed by atoms with Gasteiger partial charge in [0.1, 0.15) is 5.78 Å². The molecule has 1 heterocycles. The molecule has 0 saturated carbocycles. The van der Waals surface area contributed by atoms with E-state index >= 15 is 0 Å². The van der Waals surface area contributed by atoms with Crippen molar-refractivity contribution in [1.82, 2.24) is 0 Å². The highest BCUT2D eigenvalue weighted by Crippen LogP contribution is 2.21. The van der Waals surface area contributed by atoms with Gasteiger partial charge in [-0.25, -0.2) is 0 Å². The minimum atomic E-state index is -0.604. The molecule has 1 aromatic heterocycles. The zero-order chi connectivity index (χ0) is 8.27. The molecule has 2 nitrogen and oxygen atoms in total. The first-order valence-electron chi connectivity index (χ1n) is 3.41. The molecule has 0 aliphatic heterocycles. The molecule has 3 heteroatoms. The number of ketones is 1. The van der Waals surface area contributed by atoms with E-state index in [2.05, 4.69) is 0 Å². The Hall–Kier alpha value is -0.670. The van der Waals surface area contributed by atoms with Crippen LogP contribution in [0.15, 0.2) is 17.5 Å². The third-order valence-electron chi connectivity index (χ3n) is 1.35. The van der Waals surface area contributed by atoms with Crippen molar-refractivity contribution in [2.45, 2.75) is 19.4 Å². The van der Waals surface area contributed by atoms with Crippen molar-refractivity contribution in [3.05, 3.63) is 22.4 Å². The summed E-state index contributed by atoms with van der Waals surface area (Å²) in [6.07, 6.45) is -0.381. The highest BCUT2D eigenvalue weighted by molar-refractivity contribution is 7.10. The monoisotopic (exact) mass is 170 g/mol. The Balaban J connectivity index is 2.56. The van der Waals surface area contributed by atoms with Crippen molar-refractivity contribution >= 4 is 17.1 Å². The summed E-state index contributed by atoms with van der Waals surface area (Å²) in [5, 5.41) is 11.3. The van der Waals surface area contributed by atoms with Gasteiger partial charge in [0.25, 0.3) is 0 Å². The van der Waals surface area contributed by atoms with E-state index in [0.29, 0.717) is 0 Å². The van der Waals surface area contributed by atoms with Crippen LogP contribution in [0.5, 0.6) is 0 Å². The highest BCUT2D eigenvalue weighted by atomic mass is 32.1. The average molecular weight is 170 g/mol. The number of hydrogen-bond donors (Lipinski definition) is 1. The smallest absolute Gasteiger partial charge is 0.132 e. The van der Waals surface area contributed by atoms with E-state index in [1.54, 1.807) is 0 Å². The predicted octanol–water partition coefficient (Wildman–Crippen LogP) is 1.76. The van der Waals surface area contributed by atoms with Gasteiger partial charge in [-0.1, -0.05) is 6.07 Å². The van der Waals surface area contributed by atoms with E-state index in [1.165, 1.54) is 18.3 Å². The Morgan fingerprint density at radius 3 is 3.00 bits per heavy atom. The number of Topliss-reactive ketones (excluding diaryl/α,β-unsaturated/α-hetero) is 1. The molecule has 60 valence electrons. The molecule has 1 aromatic rings. The van der Waals surface area contributed by atoms with Crippen molar-refractivity contribution in [2.75, 3.05) is 0 Å². The SMILES string of the molecule is CC(=O)CC(O)c1cccs1. The minimum absolute atomic E-state index is 0.0194. The van der Waals surface area contributed by atoms with E-state index < -0.39 is 6.10 Å². The minimum Gasteiger partial charge on any atom is -0.387 e. The van der Waals surface area contributed by atoms with E-state index in [-0.39, 0.29) is 12.2 Å². The second-order valence-electron chi connectivity index (χ2n) is 2.44. The van der Waals surface area contributed by atoms with Crippen LogP contribution in [0.25, 0.3) is 0 Å².